The second kappa shape index (κ2) is 24.5. The first-order chi connectivity index (χ1) is 18.1. The van der Waals surface area contributed by atoms with Gasteiger partial charge in [0, 0.05) is 12.5 Å². The third-order valence-electron chi connectivity index (χ3n) is 8.75. The van der Waals surface area contributed by atoms with Gasteiger partial charge in [0.2, 0.25) is 0 Å². The third kappa shape index (κ3) is 20.1. The third-order valence-corrected chi connectivity index (χ3v) is 8.75. The van der Waals surface area contributed by atoms with Crippen molar-refractivity contribution in [1.82, 2.24) is 4.90 Å². The lowest BCUT2D eigenvalue weighted by Gasteiger charge is -2.25. The molecule has 0 aromatic heterocycles. The molecule has 0 heterocycles. The summed E-state index contributed by atoms with van der Waals surface area (Å²) in [6.45, 7) is 4.69. The van der Waals surface area contributed by atoms with Gasteiger partial charge in [-0.15, -0.1) is 0 Å². The van der Waals surface area contributed by atoms with E-state index in [0.29, 0.717) is 13.0 Å². The van der Waals surface area contributed by atoms with Gasteiger partial charge in [0.25, 0.3) is 0 Å². The second-order valence-corrected chi connectivity index (χ2v) is 12.4. The molecule has 3 heteroatoms. The molecule has 1 aliphatic rings. The normalized spacial score (nSPS) is 17.9. The van der Waals surface area contributed by atoms with Crippen molar-refractivity contribution >= 4 is 5.97 Å². The van der Waals surface area contributed by atoms with Gasteiger partial charge in [-0.05, 0) is 52.1 Å². The van der Waals surface area contributed by atoms with Gasteiger partial charge in [-0.25, -0.2) is 0 Å². The van der Waals surface area contributed by atoms with Gasteiger partial charge >= 0.3 is 5.97 Å². The zero-order valence-corrected chi connectivity index (χ0v) is 25.9. The minimum atomic E-state index is -0.0256. The molecule has 1 rings (SSSR count). The number of nitrogens with zero attached hydrogens (tertiary/aromatic N) is 1. The maximum atomic E-state index is 11.4. The Labute approximate surface area is 233 Å². The van der Waals surface area contributed by atoms with Crippen LogP contribution < -0.4 is 0 Å². The number of hydrogen-bond acceptors (Lipinski definition) is 3. The number of carbonyl (C=O) groups excluding carboxylic acids is 1. The standard InChI is InChI=1S/C34H67NO2/c1-5-7-8-9-10-11-12-13-14-15-16-17-18-19-22-25-28-33(35(3)4)32-30-31(32)27-24-21-20-23-26-29-34(36)37-6-2/h31-33H,5-30H2,1-4H3. The van der Waals surface area contributed by atoms with Crippen molar-refractivity contribution in [3.05, 3.63) is 0 Å². The Hall–Kier alpha value is -0.570. The molecule has 1 aliphatic carbocycles. The summed E-state index contributed by atoms with van der Waals surface area (Å²) in [5.41, 5.74) is 0. The molecule has 220 valence electrons. The first kappa shape index (κ1) is 34.5. The van der Waals surface area contributed by atoms with Crippen LogP contribution >= 0.6 is 0 Å². The van der Waals surface area contributed by atoms with E-state index >= 15 is 0 Å². The lowest BCUT2D eigenvalue weighted by Crippen LogP contribution is -2.30. The molecule has 0 saturated heterocycles. The molecule has 0 aromatic rings. The summed E-state index contributed by atoms with van der Waals surface area (Å²) in [4.78, 5) is 13.9. The van der Waals surface area contributed by atoms with E-state index in [9.17, 15) is 4.79 Å². The van der Waals surface area contributed by atoms with Crippen LogP contribution in [0.1, 0.15) is 174 Å². The quantitative estimate of drug-likeness (QED) is 0.0757. The highest BCUT2D eigenvalue weighted by Gasteiger charge is 2.42. The summed E-state index contributed by atoms with van der Waals surface area (Å²) in [5.74, 6) is 1.91. The minimum Gasteiger partial charge on any atom is -0.466 e. The number of carbonyl (C=O) groups is 1. The Balaban J connectivity index is 1.90. The zero-order chi connectivity index (χ0) is 27.0. The molecule has 0 aliphatic heterocycles. The Kier molecular flexibility index (Phi) is 22.8. The van der Waals surface area contributed by atoms with Crippen molar-refractivity contribution in [2.24, 2.45) is 11.8 Å². The van der Waals surface area contributed by atoms with Crippen LogP contribution in [0.15, 0.2) is 0 Å². The molecule has 0 aromatic carbocycles. The van der Waals surface area contributed by atoms with Crippen molar-refractivity contribution in [3.63, 3.8) is 0 Å². The summed E-state index contributed by atoms with van der Waals surface area (Å²) < 4.78 is 5.00. The van der Waals surface area contributed by atoms with Crippen molar-refractivity contribution in [2.45, 2.75) is 180 Å². The van der Waals surface area contributed by atoms with E-state index in [0.717, 1.165) is 24.3 Å². The highest BCUT2D eigenvalue weighted by Crippen LogP contribution is 2.47. The second-order valence-electron chi connectivity index (χ2n) is 12.4. The summed E-state index contributed by atoms with van der Waals surface area (Å²) in [6.07, 6.45) is 34.2. The number of esters is 1. The van der Waals surface area contributed by atoms with Crippen LogP contribution in [-0.4, -0.2) is 37.6 Å². The molecular weight excluding hydrogens is 454 g/mol. The summed E-state index contributed by atoms with van der Waals surface area (Å²) in [7, 11) is 4.60. The molecule has 1 saturated carbocycles. The molecule has 0 N–H and O–H groups in total. The maximum absolute atomic E-state index is 11.4. The van der Waals surface area contributed by atoms with Crippen LogP contribution in [0.25, 0.3) is 0 Å². The first-order valence-corrected chi connectivity index (χ1v) is 16.9. The molecule has 0 spiro atoms. The summed E-state index contributed by atoms with van der Waals surface area (Å²) in [6, 6.07) is 0.807. The zero-order valence-electron chi connectivity index (χ0n) is 25.9. The number of rotatable bonds is 28. The summed E-state index contributed by atoms with van der Waals surface area (Å²) in [5, 5.41) is 0. The van der Waals surface area contributed by atoms with E-state index in [1.54, 1.807) is 0 Å². The highest BCUT2D eigenvalue weighted by molar-refractivity contribution is 5.69. The summed E-state index contributed by atoms with van der Waals surface area (Å²) >= 11 is 0. The van der Waals surface area contributed by atoms with Crippen LogP contribution in [0.2, 0.25) is 0 Å². The van der Waals surface area contributed by atoms with Crippen molar-refractivity contribution in [2.75, 3.05) is 20.7 Å². The average molecular weight is 522 g/mol. The molecule has 3 unspecified atom stereocenters. The number of ether oxygens (including phenoxy) is 1. The Bertz CT molecular complexity index is 506. The molecular formula is C34H67NO2. The lowest BCUT2D eigenvalue weighted by atomic mass is 9.98. The largest absolute Gasteiger partial charge is 0.466 e. The van der Waals surface area contributed by atoms with Gasteiger partial charge < -0.3 is 9.64 Å². The van der Waals surface area contributed by atoms with Gasteiger partial charge in [-0.1, -0.05) is 142 Å². The number of hydrogen-bond donors (Lipinski definition) is 0. The fourth-order valence-electron chi connectivity index (χ4n) is 6.27. The Morgan fingerprint density at radius 3 is 1.62 bits per heavy atom. The van der Waals surface area contributed by atoms with E-state index < -0.39 is 0 Å². The molecule has 1 fully saturated rings. The van der Waals surface area contributed by atoms with Crippen LogP contribution in [0.3, 0.4) is 0 Å². The van der Waals surface area contributed by atoms with E-state index in [4.69, 9.17) is 4.74 Å². The Morgan fingerprint density at radius 1 is 0.676 bits per heavy atom. The predicted octanol–water partition coefficient (Wildman–Crippen LogP) is 10.5. The van der Waals surface area contributed by atoms with Gasteiger partial charge in [0.05, 0.1) is 6.61 Å². The molecule has 37 heavy (non-hydrogen) atoms. The van der Waals surface area contributed by atoms with E-state index in [1.807, 2.05) is 6.92 Å². The molecule has 3 nitrogen and oxygen atoms in total. The van der Waals surface area contributed by atoms with Gasteiger partial charge in [0.1, 0.15) is 0 Å². The topological polar surface area (TPSA) is 29.5 Å². The molecule has 0 radical (unpaired) electrons. The van der Waals surface area contributed by atoms with Gasteiger partial charge in [0.15, 0.2) is 0 Å². The van der Waals surface area contributed by atoms with Crippen LogP contribution in [0.5, 0.6) is 0 Å². The highest BCUT2D eigenvalue weighted by atomic mass is 16.5. The smallest absolute Gasteiger partial charge is 0.305 e. The Morgan fingerprint density at radius 2 is 1.14 bits per heavy atom. The SMILES string of the molecule is CCCCCCCCCCCCCCCCCCC(C1CC1CCCCCCCC(=O)OCC)N(C)C. The first-order valence-electron chi connectivity index (χ1n) is 16.9. The van der Waals surface area contributed by atoms with Crippen LogP contribution in [-0.2, 0) is 9.53 Å². The fraction of sp³-hybridized carbons (Fsp3) is 0.971. The van der Waals surface area contributed by atoms with Crippen molar-refractivity contribution < 1.29 is 9.53 Å². The monoisotopic (exact) mass is 522 g/mol. The van der Waals surface area contributed by atoms with Gasteiger partial charge in [-0.2, -0.15) is 0 Å². The van der Waals surface area contributed by atoms with E-state index in [-0.39, 0.29) is 5.97 Å². The number of unbranched alkanes of at least 4 members (excludes halogenated alkanes) is 19. The molecule has 0 bridgehead atoms. The predicted molar refractivity (Wildman–Crippen MR) is 162 cm³/mol. The minimum absolute atomic E-state index is 0.0256. The van der Waals surface area contributed by atoms with Crippen molar-refractivity contribution in [1.29, 1.82) is 0 Å². The average Bonchev–Trinajstić information content (AvgIpc) is 3.64. The van der Waals surface area contributed by atoms with Crippen molar-refractivity contribution in [3.8, 4) is 0 Å². The maximum Gasteiger partial charge on any atom is 0.305 e. The van der Waals surface area contributed by atoms with Gasteiger partial charge in [-0.3, -0.25) is 4.79 Å². The van der Waals surface area contributed by atoms with Crippen LogP contribution in [0, 0.1) is 11.8 Å². The molecule has 0 amide bonds. The van der Waals surface area contributed by atoms with E-state index in [2.05, 4.69) is 25.9 Å². The van der Waals surface area contributed by atoms with E-state index in [1.165, 1.54) is 148 Å². The molecule has 3 atom stereocenters. The van der Waals surface area contributed by atoms with Crippen LogP contribution in [0.4, 0.5) is 0 Å². The fourth-order valence-corrected chi connectivity index (χ4v) is 6.27. The lowest BCUT2D eigenvalue weighted by molar-refractivity contribution is -0.143.